The Balaban J connectivity index is 1.70. The maximum absolute atomic E-state index is 11.8. The van der Waals surface area contributed by atoms with E-state index in [9.17, 15) is 4.79 Å². The summed E-state index contributed by atoms with van der Waals surface area (Å²) in [6.07, 6.45) is 8.49. The van der Waals surface area contributed by atoms with E-state index >= 15 is 0 Å². The molecule has 0 aromatic heterocycles. The van der Waals surface area contributed by atoms with Crippen molar-refractivity contribution < 1.29 is 9.53 Å². The molecule has 1 spiro atoms. The molecule has 5 atom stereocenters. The minimum Gasteiger partial charge on any atom is -0.469 e. The zero-order chi connectivity index (χ0) is 12.5. The van der Waals surface area contributed by atoms with Crippen LogP contribution in [0.25, 0.3) is 0 Å². The van der Waals surface area contributed by atoms with Gasteiger partial charge in [0.15, 0.2) is 0 Å². The van der Waals surface area contributed by atoms with Gasteiger partial charge in [-0.1, -0.05) is 12.2 Å². The molecule has 4 fully saturated rings. The first-order valence-electron chi connectivity index (χ1n) is 7.37. The van der Waals surface area contributed by atoms with E-state index in [0.29, 0.717) is 17.3 Å². The number of esters is 1. The van der Waals surface area contributed by atoms with E-state index in [1.54, 1.807) is 0 Å². The van der Waals surface area contributed by atoms with E-state index in [-0.39, 0.29) is 5.97 Å². The Morgan fingerprint density at radius 1 is 1.50 bits per heavy atom. The normalized spacial score (nSPS) is 51.8. The van der Waals surface area contributed by atoms with Crippen molar-refractivity contribution in [1.29, 1.82) is 0 Å². The molecule has 4 aliphatic rings. The lowest BCUT2D eigenvalue weighted by atomic mass is 9.80. The van der Waals surface area contributed by atoms with Crippen LogP contribution in [-0.2, 0) is 9.53 Å². The highest BCUT2D eigenvalue weighted by Crippen LogP contribution is 2.86. The van der Waals surface area contributed by atoms with Crippen LogP contribution in [0.15, 0.2) is 12.2 Å². The van der Waals surface area contributed by atoms with Crippen molar-refractivity contribution in [2.45, 2.75) is 44.9 Å². The van der Waals surface area contributed by atoms with E-state index in [0.717, 1.165) is 17.8 Å². The summed E-state index contributed by atoms with van der Waals surface area (Å²) < 4.78 is 4.95. The van der Waals surface area contributed by atoms with Gasteiger partial charge < -0.3 is 4.74 Å². The van der Waals surface area contributed by atoms with Gasteiger partial charge in [0.25, 0.3) is 0 Å². The highest BCUT2D eigenvalue weighted by molar-refractivity contribution is 5.71. The van der Waals surface area contributed by atoms with E-state index in [1.807, 2.05) is 0 Å². The van der Waals surface area contributed by atoms with Crippen molar-refractivity contribution in [2.24, 2.45) is 28.6 Å². The second kappa shape index (κ2) is 3.20. The molecule has 0 N–H and O–H groups in total. The molecular weight excluding hydrogens is 224 g/mol. The average molecular weight is 246 g/mol. The Kier molecular flexibility index (Phi) is 1.97. The summed E-state index contributed by atoms with van der Waals surface area (Å²) in [5, 5.41) is 0. The molecule has 0 amide bonds. The number of hydrogen-bond donors (Lipinski definition) is 0. The topological polar surface area (TPSA) is 26.3 Å². The predicted octanol–water partition coefficient (Wildman–Crippen LogP) is 3.32. The zero-order valence-electron chi connectivity index (χ0n) is 11.2. The minimum atomic E-state index is 0.0142. The smallest absolute Gasteiger partial charge is 0.306 e. The summed E-state index contributed by atoms with van der Waals surface area (Å²) in [5.41, 5.74) is 2.36. The van der Waals surface area contributed by atoms with Gasteiger partial charge in [0.1, 0.15) is 0 Å². The molecule has 98 valence electrons. The van der Waals surface area contributed by atoms with Crippen molar-refractivity contribution >= 4 is 5.97 Å². The number of hydrogen-bond acceptors (Lipinski definition) is 2. The fraction of sp³-hybridized carbons (Fsp3) is 0.812. The maximum Gasteiger partial charge on any atom is 0.306 e. The van der Waals surface area contributed by atoms with Gasteiger partial charge in [0.05, 0.1) is 13.5 Å². The third kappa shape index (κ3) is 1.05. The van der Waals surface area contributed by atoms with E-state index in [4.69, 9.17) is 4.74 Å². The van der Waals surface area contributed by atoms with Crippen LogP contribution in [0.2, 0.25) is 0 Å². The van der Waals surface area contributed by atoms with E-state index < -0.39 is 0 Å². The molecule has 2 bridgehead atoms. The number of carbonyl (C=O) groups excluding carboxylic acids is 1. The largest absolute Gasteiger partial charge is 0.469 e. The molecule has 4 aliphatic carbocycles. The molecule has 2 heteroatoms. The quantitative estimate of drug-likeness (QED) is 0.552. The average Bonchev–Trinajstić information content (AvgIpc) is 2.76. The summed E-state index contributed by atoms with van der Waals surface area (Å²) in [4.78, 5) is 11.8. The van der Waals surface area contributed by atoms with Crippen molar-refractivity contribution in [1.82, 2.24) is 0 Å². The molecule has 0 saturated heterocycles. The molecule has 18 heavy (non-hydrogen) atoms. The van der Waals surface area contributed by atoms with Crippen LogP contribution in [-0.4, -0.2) is 13.1 Å². The Morgan fingerprint density at radius 3 is 3.11 bits per heavy atom. The van der Waals surface area contributed by atoms with Crippen molar-refractivity contribution in [3.63, 3.8) is 0 Å². The number of fused-ring (bicyclic) bond motifs is 2. The Hall–Kier alpha value is -0.790. The number of rotatable bonds is 2. The van der Waals surface area contributed by atoms with Gasteiger partial charge in [-0.25, -0.2) is 0 Å². The van der Waals surface area contributed by atoms with Gasteiger partial charge >= 0.3 is 5.97 Å². The fourth-order valence-corrected chi connectivity index (χ4v) is 6.15. The third-order valence-corrected chi connectivity index (χ3v) is 6.94. The second-order valence-corrected chi connectivity index (χ2v) is 7.12. The highest BCUT2D eigenvalue weighted by Gasteiger charge is 2.80. The van der Waals surface area contributed by atoms with Gasteiger partial charge in [-0.15, -0.1) is 0 Å². The van der Waals surface area contributed by atoms with Crippen molar-refractivity contribution in [3.8, 4) is 0 Å². The lowest BCUT2D eigenvalue weighted by molar-refractivity contribution is -0.142. The standard InChI is InChI=1S/C16H22O2/c1-10-3-4-11-7-13-12(10)5-6-15(13)9-16(11,15)8-14(17)18-2/h11-13H,1,3-9H2,2H3/t11-,12+,13-,15-,16+/m1/s1. The second-order valence-electron chi connectivity index (χ2n) is 7.12. The summed E-state index contributed by atoms with van der Waals surface area (Å²) in [7, 11) is 1.53. The van der Waals surface area contributed by atoms with Crippen LogP contribution in [0.1, 0.15) is 44.9 Å². The molecular formula is C16H22O2. The van der Waals surface area contributed by atoms with Crippen molar-refractivity contribution in [3.05, 3.63) is 12.2 Å². The summed E-state index contributed by atoms with van der Waals surface area (Å²) in [6, 6.07) is 0. The van der Waals surface area contributed by atoms with Gasteiger partial charge in [-0.2, -0.15) is 0 Å². The lowest BCUT2D eigenvalue weighted by Crippen LogP contribution is -2.22. The maximum atomic E-state index is 11.8. The van der Waals surface area contributed by atoms with Crippen molar-refractivity contribution in [2.75, 3.05) is 7.11 Å². The van der Waals surface area contributed by atoms with Crippen LogP contribution < -0.4 is 0 Å². The van der Waals surface area contributed by atoms with Gasteiger partial charge in [-0.3, -0.25) is 4.79 Å². The van der Waals surface area contributed by atoms with Crippen LogP contribution in [0, 0.1) is 28.6 Å². The summed E-state index contributed by atoms with van der Waals surface area (Å²) in [5.74, 6) is 2.41. The van der Waals surface area contributed by atoms with Gasteiger partial charge in [0, 0.05) is 0 Å². The molecule has 2 nitrogen and oxygen atoms in total. The fourth-order valence-electron chi connectivity index (χ4n) is 6.15. The minimum absolute atomic E-state index is 0.0142. The molecule has 0 aliphatic heterocycles. The Labute approximate surface area is 109 Å². The molecule has 4 saturated carbocycles. The molecule has 0 unspecified atom stereocenters. The van der Waals surface area contributed by atoms with Gasteiger partial charge in [0.2, 0.25) is 0 Å². The van der Waals surface area contributed by atoms with Crippen LogP contribution >= 0.6 is 0 Å². The first-order chi connectivity index (χ1) is 8.63. The number of ether oxygens (including phenoxy) is 1. The van der Waals surface area contributed by atoms with Crippen LogP contribution in [0.5, 0.6) is 0 Å². The molecule has 0 aromatic rings. The summed E-state index contributed by atoms with van der Waals surface area (Å²) >= 11 is 0. The van der Waals surface area contributed by atoms with E-state index in [1.165, 1.54) is 51.2 Å². The summed E-state index contributed by atoms with van der Waals surface area (Å²) in [6.45, 7) is 4.33. The first kappa shape index (κ1) is 11.1. The Morgan fingerprint density at radius 2 is 2.33 bits per heavy atom. The predicted molar refractivity (Wildman–Crippen MR) is 68.8 cm³/mol. The monoisotopic (exact) mass is 246 g/mol. The number of carbonyl (C=O) groups is 1. The highest BCUT2D eigenvalue weighted by atomic mass is 16.5. The Bertz CT molecular complexity index is 440. The van der Waals surface area contributed by atoms with Gasteiger partial charge in [-0.05, 0) is 67.1 Å². The third-order valence-electron chi connectivity index (χ3n) is 6.94. The van der Waals surface area contributed by atoms with E-state index in [2.05, 4.69) is 6.58 Å². The number of methoxy groups -OCH3 is 1. The SMILES string of the molecule is C=C1CC[C@@H]2C[C@@H]3[C@H]1CC[C@@]31C[C@@]21CC(=O)OC. The zero-order valence-corrected chi connectivity index (χ0v) is 11.2. The van der Waals surface area contributed by atoms with Crippen LogP contribution in [0.3, 0.4) is 0 Å². The molecule has 4 rings (SSSR count). The molecule has 0 radical (unpaired) electrons. The lowest BCUT2D eigenvalue weighted by Gasteiger charge is -2.25. The molecule has 0 aromatic carbocycles. The molecule has 0 heterocycles. The number of allylic oxidation sites excluding steroid dienone is 1. The van der Waals surface area contributed by atoms with Crippen LogP contribution in [0.4, 0.5) is 0 Å². The first-order valence-corrected chi connectivity index (χ1v) is 7.37.